The van der Waals surface area contributed by atoms with Crippen LogP contribution in [0.1, 0.15) is 13.8 Å². The van der Waals surface area contributed by atoms with Gasteiger partial charge in [-0.25, -0.2) is 13.4 Å². The zero-order valence-electron chi connectivity index (χ0n) is 12.1. The Morgan fingerprint density at radius 1 is 1.36 bits per heavy atom. The fourth-order valence-electron chi connectivity index (χ4n) is 1.96. The van der Waals surface area contributed by atoms with Crippen LogP contribution in [0.4, 0.5) is 0 Å². The number of benzene rings is 1. The van der Waals surface area contributed by atoms with Crippen LogP contribution < -0.4 is 10.0 Å². The molecule has 1 heterocycles. The molecule has 1 atom stereocenters. The van der Waals surface area contributed by atoms with Gasteiger partial charge in [0.05, 0.1) is 10.9 Å². The molecule has 1 amide bonds. The number of carbonyl (C=O) groups is 1. The quantitative estimate of drug-likeness (QED) is 0.810. The number of hydrogen-bond donors (Lipinski definition) is 2. The first-order valence-corrected chi connectivity index (χ1v) is 8.55. The number of fused-ring (bicyclic) bond motifs is 1. The highest BCUT2D eigenvalue weighted by Gasteiger charge is 2.22. The van der Waals surface area contributed by atoms with Crippen molar-refractivity contribution in [3.8, 4) is 0 Å². The van der Waals surface area contributed by atoms with Crippen molar-refractivity contribution in [2.24, 2.45) is 0 Å². The van der Waals surface area contributed by atoms with Crippen molar-refractivity contribution in [2.45, 2.75) is 24.8 Å². The van der Waals surface area contributed by atoms with Crippen molar-refractivity contribution in [2.75, 3.05) is 6.54 Å². The molecule has 1 aromatic heterocycles. The van der Waals surface area contributed by atoms with E-state index < -0.39 is 16.1 Å². The van der Waals surface area contributed by atoms with Gasteiger partial charge in [0, 0.05) is 18.1 Å². The zero-order valence-corrected chi connectivity index (χ0v) is 13.7. The van der Waals surface area contributed by atoms with Gasteiger partial charge in [0.2, 0.25) is 15.9 Å². The second-order valence-electron chi connectivity index (χ2n) is 4.72. The number of amides is 1. The predicted molar refractivity (Wildman–Crippen MR) is 85.2 cm³/mol. The standard InChI is InChI=1S/C14H16ClN3O3S/c1-3-16-14(19)9(2)18-22(20,21)11-5-4-10-6-7-17-13(15)12(10)8-11/h4-9,18H,3H2,1-2H3,(H,16,19). The van der Waals surface area contributed by atoms with Gasteiger partial charge < -0.3 is 5.32 Å². The minimum atomic E-state index is -3.83. The lowest BCUT2D eigenvalue weighted by atomic mass is 10.2. The number of aromatic nitrogens is 1. The molecule has 0 aliphatic heterocycles. The number of nitrogens with zero attached hydrogens (tertiary/aromatic N) is 1. The molecule has 2 rings (SSSR count). The van der Waals surface area contributed by atoms with Crippen LogP contribution in [-0.2, 0) is 14.8 Å². The number of carbonyl (C=O) groups excluding carboxylic acids is 1. The summed E-state index contributed by atoms with van der Waals surface area (Å²) in [6.07, 6.45) is 1.55. The molecule has 0 aliphatic rings. The molecular weight excluding hydrogens is 326 g/mol. The highest BCUT2D eigenvalue weighted by molar-refractivity contribution is 7.89. The first kappa shape index (κ1) is 16.7. The summed E-state index contributed by atoms with van der Waals surface area (Å²) in [4.78, 5) is 15.6. The Kier molecular flexibility index (Phi) is 5.00. The van der Waals surface area contributed by atoms with Gasteiger partial charge in [-0.05, 0) is 37.4 Å². The number of halogens is 1. The average Bonchev–Trinajstić information content (AvgIpc) is 2.47. The van der Waals surface area contributed by atoms with Crippen LogP contribution in [0.3, 0.4) is 0 Å². The number of likely N-dealkylation sites (N-methyl/N-ethyl adjacent to an activating group) is 1. The summed E-state index contributed by atoms with van der Waals surface area (Å²) < 4.78 is 27.0. The Balaban J connectivity index is 2.33. The highest BCUT2D eigenvalue weighted by atomic mass is 35.5. The third-order valence-electron chi connectivity index (χ3n) is 3.08. The van der Waals surface area contributed by atoms with E-state index in [2.05, 4.69) is 15.0 Å². The van der Waals surface area contributed by atoms with Crippen molar-refractivity contribution < 1.29 is 13.2 Å². The van der Waals surface area contributed by atoms with Gasteiger partial charge in [-0.15, -0.1) is 0 Å². The largest absolute Gasteiger partial charge is 0.355 e. The van der Waals surface area contributed by atoms with E-state index in [1.54, 1.807) is 25.3 Å². The van der Waals surface area contributed by atoms with E-state index in [4.69, 9.17) is 11.6 Å². The maximum atomic E-state index is 12.4. The third-order valence-corrected chi connectivity index (χ3v) is 4.92. The first-order chi connectivity index (χ1) is 10.3. The highest BCUT2D eigenvalue weighted by Crippen LogP contribution is 2.24. The molecule has 0 saturated carbocycles. The fourth-order valence-corrected chi connectivity index (χ4v) is 3.41. The topological polar surface area (TPSA) is 88.2 Å². The predicted octanol–water partition coefficient (Wildman–Crippen LogP) is 1.69. The molecule has 2 N–H and O–H groups in total. The minimum Gasteiger partial charge on any atom is -0.355 e. The average molecular weight is 342 g/mol. The van der Waals surface area contributed by atoms with E-state index in [0.717, 1.165) is 5.39 Å². The summed E-state index contributed by atoms with van der Waals surface area (Å²) in [6.45, 7) is 3.68. The van der Waals surface area contributed by atoms with Crippen LogP contribution in [0, 0.1) is 0 Å². The van der Waals surface area contributed by atoms with E-state index in [1.165, 1.54) is 19.1 Å². The molecular formula is C14H16ClN3O3S. The Bertz CT molecular complexity index is 808. The molecule has 0 spiro atoms. The van der Waals surface area contributed by atoms with Crippen LogP contribution >= 0.6 is 11.6 Å². The van der Waals surface area contributed by atoms with Crippen LogP contribution in [0.2, 0.25) is 5.15 Å². The van der Waals surface area contributed by atoms with Crippen molar-refractivity contribution in [1.29, 1.82) is 0 Å². The summed E-state index contributed by atoms with van der Waals surface area (Å²) >= 11 is 5.99. The second kappa shape index (κ2) is 6.60. The lowest BCUT2D eigenvalue weighted by Crippen LogP contribution is -2.44. The van der Waals surface area contributed by atoms with Gasteiger partial charge in [0.1, 0.15) is 5.15 Å². The Morgan fingerprint density at radius 3 is 2.77 bits per heavy atom. The Labute approximate surface area is 133 Å². The van der Waals surface area contributed by atoms with Crippen LogP contribution in [0.5, 0.6) is 0 Å². The summed E-state index contributed by atoms with van der Waals surface area (Å²) in [5, 5.41) is 4.12. The van der Waals surface area contributed by atoms with E-state index in [-0.39, 0.29) is 16.0 Å². The molecule has 2 aromatic rings. The molecule has 0 saturated heterocycles. The third kappa shape index (κ3) is 3.55. The van der Waals surface area contributed by atoms with Gasteiger partial charge in [0.25, 0.3) is 0 Å². The summed E-state index contributed by atoms with van der Waals surface area (Å²) in [6, 6.07) is 5.42. The van der Waals surface area contributed by atoms with Crippen LogP contribution in [0.25, 0.3) is 10.8 Å². The van der Waals surface area contributed by atoms with E-state index in [1.807, 2.05) is 0 Å². The normalized spacial score (nSPS) is 13.0. The molecule has 1 unspecified atom stereocenters. The van der Waals surface area contributed by atoms with Gasteiger partial charge in [0.15, 0.2) is 0 Å². The van der Waals surface area contributed by atoms with Crippen molar-refractivity contribution in [3.63, 3.8) is 0 Å². The Hall–Kier alpha value is -1.70. The summed E-state index contributed by atoms with van der Waals surface area (Å²) in [7, 11) is -3.83. The molecule has 118 valence electrons. The lowest BCUT2D eigenvalue weighted by Gasteiger charge is -2.14. The van der Waals surface area contributed by atoms with Gasteiger partial charge >= 0.3 is 0 Å². The van der Waals surface area contributed by atoms with Gasteiger partial charge in [-0.2, -0.15) is 4.72 Å². The summed E-state index contributed by atoms with van der Waals surface area (Å²) in [5.74, 6) is -0.383. The second-order valence-corrected chi connectivity index (χ2v) is 6.79. The van der Waals surface area contributed by atoms with Crippen molar-refractivity contribution >= 4 is 38.3 Å². The molecule has 6 nitrogen and oxygen atoms in total. The molecule has 8 heteroatoms. The smallest absolute Gasteiger partial charge is 0.241 e. The van der Waals surface area contributed by atoms with E-state index >= 15 is 0 Å². The van der Waals surface area contributed by atoms with E-state index in [9.17, 15) is 13.2 Å². The number of nitrogens with one attached hydrogen (secondary N) is 2. The Morgan fingerprint density at radius 2 is 2.09 bits per heavy atom. The SMILES string of the molecule is CCNC(=O)C(C)NS(=O)(=O)c1ccc2ccnc(Cl)c2c1. The maximum Gasteiger partial charge on any atom is 0.241 e. The number of pyridine rings is 1. The van der Waals surface area contributed by atoms with Crippen LogP contribution in [0.15, 0.2) is 35.4 Å². The van der Waals surface area contributed by atoms with Gasteiger partial charge in [-0.1, -0.05) is 17.7 Å². The first-order valence-electron chi connectivity index (χ1n) is 6.69. The lowest BCUT2D eigenvalue weighted by molar-refractivity contribution is -0.122. The molecule has 0 fully saturated rings. The molecule has 0 bridgehead atoms. The van der Waals surface area contributed by atoms with E-state index in [0.29, 0.717) is 11.9 Å². The maximum absolute atomic E-state index is 12.4. The molecule has 0 aliphatic carbocycles. The van der Waals surface area contributed by atoms with Gasteiger partial charge in [-0.3, -0.25) is 4.79 Å². The minimum absolute atomic E-state index is 0.0334. The monoisotopic (exact) mass is 341 g/mol. The number of sulfonamides is 1. The van der Waals surface area contributed by atoms with Crippen molar-refractivity contribution in [3.05, 3.63) is 35.6 Å². The molecule has 1 aromatic carbocycles. The molecule has 0 radical (unpaired) electrons. The summed E-state index contributed by atoms with van der Waals surface area (Å²) in [5.41, 5.74) is 0. The fraction of sp³-hybridized carbons (Fsp3) is 0.286. The molecule has 22 heavy (non-hydrogen) atoms. The van der Waals surface area contributed by atoms with Crippen LogP contribution in [-0.4, -0.2) is 31.9 Å². The number of rotatable bonds is 5. The number of hydrogen-bond acceptors (Lipinski definition) is 4. The zero-order chi connectivity index (χ0) is 16.3. The van der Waals surface area contributed by atoms with Crippen molar-refractivity contribution in [1.82, 2.24) is 15.0 Å².